The Kier molecular flexibility index (Phi) is 5.63. The van der Waals surface area contributed by atoms with Gasteiger partial charge in [-0.1, -0.05) is 63.6 Å². The molecule has 2 aromatic heterocycles. The quantitative estimate of drug-likeness (QED) is 0.521. The first-order chi connectivity index (χ1) is 16.3. The van der Waals surface area contributed by atoms with E-state index >= 15 is 0 Å². The van der Waals surface area contributed by atoms with Gasteiger partial charge < -0.3 is 4.98 Å². The van der Waals surface area contributed by atoms with Gasteiger partial charge in [0.25, 0.3) is 0 Å². The Morgan fingerprint density at radius 2 is 2.09 bits per heavy atom. The van der Waals surface area contributed by atoms with E-state index in [2.05, 4.69) is 70.5 Å². The molecule has 0 saturated carbocycles. The Morgan fingerprint density at radius 3 is 2.82 bits per heavy atom. The lowest BCUT2D eigenvalue weighted by atomic mass is 9.73. The number of aromatic nitrogens is 3. The molecular formula is C30H34N4. The molecule has 0 aromatic carbocycles. The van der Waals surface area contributed by atoms with E-state index in [1.807, 2.05) is 24.6 Å². The first-order valence-corrected chi connectivity index (χ1v) is 12.4. The number of H-pyrrole nitrogens is 1. The first kappa shape index (κ1) is 22.5. The average molecular weight is 451 g/mol. The van der Waals surface area contributed by atoms with Crippen molar-refractivity contribution in [2.75, 3.05) is 0 Å². The summed E-state index contributed by atoms with van der Waals surface area (Å²) in [6.07, 6.45) is 15.5. The number of nitrogens with zero attached hydrogens (tertiary/aromatic N) is 3. The van der Waals surface area contributed by atoms with Gasteiger partial charge in [0.1, 0.15) is 11.9 Å². The standard InChI is InChI=1S/C30H34N4/c1-7-19(8-2)17-22-18(3)13-14-23(30(4,5)6)24(22)29-33-27-20-11-9-15-31-25(20)26-21(28(27)34-29)12-10-16-32-26/h7,9-12,15-17,20,25H,3,8,13-14H2,1-2,4-6H3,(H,33,34)/b19-7-,22-17+. The van der Waals surface area contributed by atoms with E-state index in [-0.39, 0.29) is 17.4 Å². The highest BCUT2D eigenvalue weighted by Crippen LogP contribution is 2.50. The Morgan fingerprint density at radius 1 is 1.26 bits per heavy atom. The molecule has 2 aromatic rings. The molecule has 1 aliphatic heterocycles. The zero-order valence-corrected chi connectivity index (χ0v) is 20.9. The van der Waals surface area contributed by atoms with Crippen molar-refractivity contribution in [3.05, 3.63) is 88.7 Å². The van der Waals surface area contributed by atoms with Crippen LogP contribution in [0.25, 0.3) is 16.8 Å². The van der Waals surface area contributed by atoms with Crippen LogP contribution in [0.4, 0.5) is 0 Å². The zero-order chi connectivity index (χ0) is 24.0. The minimum absolute atomic E-state index is 0.0101. The van der Waals surface area contributed by atoms with Crippen LogP contribution in [-0.4, -0.2) is 21.2 Å². The summed E-state index contributed by atoms with van der Waals surface area (Å²) in [6, 6.07) is 4.11. The summed E-state index contributed by atoms with van der Waals surface area (Å²) in [6.45, 7) is 15.7. The fourth-order valence-electron chi connectivity index (χ4n) is 5.45. The second-order valence-electron chi connectivity index (χ2n) is 10.4. The Hall–Kier alpha value is -3.27. The molecule has 4 heteroatoms. The summed E-state index contributed by atoms with van der Waals surface area (Å²) in [7, 11) is 0. The number of imidazole rings is 1. The first-order valence-electron chi connectivity index (χ1n) is 12.4. The average Bonchev–Trinajstić information content (AvgIpc) is 3.28. The van der Waals surface area contributed by atoms with Crippen molar-refractivity contribution >= 4 is 11.8 Å². The molecule has 2 aliphatic carbocycles. The summed E-state index contributed by atoms with van der Waals surface area (Å²) in [5.41, 5.74) is 10.6. The van der Waals surface area contributed by atoms with Gasteiger partial charge in [0.15, 0.2) is 0 Å². The number of nitrogens with one attached hydrogen (secondary N) is 1. The molecule has 3 aliphatic rings. The monoisotopic (exact) mass is 450 g/mol. The molecule has 0 amide bonds. The molecule has 0 saturated heterocycles. The maximum atomic E-state index is 5.27. The molecule has 3 heterocycles. The predicted octanol–water partition coefficient (Wildman–Crippen LogP) is 7.68. The minimum atomic E-state index is -0.0101. The SMILES string of the molecule is C=C1CCC(C(C)(C)C)=C(c2nc3c([nH]2)C2C=CC=NC2c2ncccc2-3)/C1=C/C(=C\C)CC. The zero-order valence-electron chi connectivity index (χ0n) is 20.9. The van der Waals surface area contributed by atoms with Crippen molar-refractivity contribution in [1.29, 1.82) is 0 Å². The largest absolute Gasteiger partial charge is 0.341 e. The molecule has 0 spiro atoms. The van der Waals surface area contributed by atoms with E-state index < -0.39 is 0 Å². The Labute approximate surface area is 203 Å². The third-order valence-corrected chi connectivity index (χ3v) is 7.31. The van der Waals surface area contributed by atoms with Gasteiger partial charge in [-0.15, -0.1) is 0 Å². The van der Waals surface area contributed by atoms with E-state index in [0.717, 1.165) is 47.7 Å². The van der Waals surface area contributed by atoms with Gasteiger partial charge in [-0.25, -0.2) is 4.98 Å². The van der Waals surface area contributed by atoms with E-state index in [1.54, 1.807) is 0 Å². The van der Waals surface area contributed by atoms with E-state index in [1.165, 1.54) is 27.9 Å². The molecule has 0 fully saturated rings. The topological polar surface area (TPSA) is 53.9 Å². The number of hydrogen-bond donors (Lipinski definition) is 1. The molecule has 4 nitrogen and oxygen atoms in total. The van der Waals surface area contributed by atoms with Crippen molar-refractivity contribution in [3.63, 3.8) is 0 Å². The maximum Gasteiger partial charge on any atom is 0.138 e. The molecule has 5 rings (SSSR count). The van der Waals surface area contributed by atoms with Crippen LogP contribution in [0.2, 0.25) is 0 Å². The molecule has 2 unspecified atom stereocenters. The van der Waals surface area contributed by atoms with E-state index in [0.29, 0.717) is 0 Å². The number of allylic oxidation sites excluding steroid dienone is 8. The third kappa shape index (κ3) is 3.66. The van der Waals surface area contributed by atoms with Crippen LogP contribution in [0, 0.1) is 5.41 Å². The van der Waals surface area contributed by atoms with Gasteiger partial charge in [-0.2, -0.15) is 0 Å². The number of pyridine rings is 1. The van der Waals surface area contributed by atoms with Crippen LogP contribution in [0.15, 0.2) is 76.5 Å². The van der Waals surface area contributed by atoms with Gasteiger partial charge in [-0.3, -0.25) is 9.98 Å². The lowest BCUT2D eigenvalue weighted by Gasteiger charge is -2.32. The summed E-state index contributed by atoms with van der Waals surface area (Å²) >= 11 is 0. The fraction of sp³-hybridized carbons (Fsp3) is 0.367. The second kappa shape index (κ2) is 8.50. The Balaban J connectivity index is 1.77. The van der Waals surface area contributed by atoms with Gasteiger partial charge >= 0.3 is 0 Å². The lowest BCUT2D eigenvalue weighted by Crippen LogP contribution is -2.18. The predicted molar refractivity (Wildman–Crippen MR) is 142 cm³/mol. The highest BCUT2D eigenvalue weighted by molar-refractivity contribution is 5.87. The van der Waals surface area contributed by atoms with Crippen LogP contribution < -0.4 is 0 Å². The molecule has 0 radical (unpaired) electrons. The van der Waals surface area contributed by atoms with Crippen molar-refractivity contribution in [2.24, 2.45) is 10.4 Å². The van der Waals surface area contributed by atoms with Crippen LogP contribution in [0.5, 0.6) is 0 Å². The van der Waals surface area contributed by atoms with Gasteiger partial charge in [-0.05, 0) is 61.0 Å². The second-order valence-corrected chi connectivity index (χ2v) is 10.4. The highest BCUT2D eigenvalue weighted by Gasteiger charge is 2.38. The number of fused-ring (bicyclic) bond motifs is 6. The molecule has 1 N–H and O–H groups in total. The van der Waals surface area contributed by atoms with Crippen molar-refractivity contribution < 1.29 is 0 Å². The number of dihydropyridines is 1. The Bertz CT molecular complexity index is 1300. The molecule has 174 valence electrons. The van der Waals surface area contributed by atoms with Gasteiger partial charge in [0, 0.05) is 29.5 Å². The normalized spacial score (nSPS) is 23.3. The molecule has 2 atom stereocenters. The highest BCUT2D eigenvalue weighted by atomic mass is 15.0. The summed E-state index contributed by atoms with van der Waals surface area (Å²) in [5.74, 6) is 1.05. The van der Waals surface area contributed by atoms with Crippen molar-refractivity contribution in [2.45, 2.75) is 65.8 Å². The summed E-state index contributed by atoms with van der Waals surface area (Å²) in [5, 5.41) is 0. The smallest absolute Gasteiger partial charge is 0.138 e. The molecular weight excluding hydrogens is 416 g/mol. The number of aromatic amines is 1. The lowest BCUT2D eigenvalue weighted by molar-refractivity contribution is 0.481. The van der Waals surface area contributed by atoms with Crippen LogP contribution in [-0.2, 0) is 0 Å². The fourth-order valence-corrected chi connectivity index (χ4v) is 5.45. The number of rotatable bonds is 3. The van der Waals surface area contributed by atoms with E-state index in [4.69, 9.17) is 15.0 Å². The van der Waals surface area contributed by atoms with Crippen LogP contribution in [0.1, 0.15) is 83.1 Å². The summed E-state index contributed by atoms with van der Waals surface area (Å²) < 4.78 is 0. The van der Waals surface area contributed by atoms with Gasteiger partial charge in [0.05, 0.1) is 17.1 Å². The number of aliphatic imine (C=N–C) groups is 1. The minimum Gasteiger partial charge on any atom is -0.341 e. The molecule has 0 bridgehead atoms. The van der Waals surface area contributed by atoms with E-state index in [9.17, 15) is 0 Å². The maximum absolute atomic E-state index is 5.27. The van der Waals surface area contributed by atoms with Crippen molar-refractivity contribution in [3.8, 4) is 11.3 Å². The summed E-state index contributed by atoms with van der Waals surface area (Å²) in [4.78, 5) is 18.6. The van der Waals surface area contributed by atoms with Crippen molar-refractivity contribution in [1.82, 2.24) is 15.0 Å². The third-order valence-electron chi connectivity index (χ3n) is 7.31. The number of hydrogen-bond acceptors (Lipinski definition) is 3. The van der Waals surface area contributed by atoms with Crippen LogP contribution in [0.3, 0.4) is 0 Å². The molecule has 34 heavy (non-hydrogen) atoms. The van der Waals surface area contributed by atoms with Crippen LogP contribution >= 0.6 is 0 Å². The van der Waals surface area contributed by atoms with Gasteiger partial charge in [0.2, 0.25) is 0 Å².